The van der Waals surface area contributed by atoms with E-state index < -0.39 is 0 Å². The molecule has 1 heterocycles. The first kappa shape index (κ1) is 20.2. The van der Waals surface area contributed by atoms with Gasteiger partial charge in [0.25, 0.3) is 0 Å². The van der Waals surface area contributed by atoms with Crippen LogP contribution in [0.25, 0.3) is 0 Å². The SMILES string of the molecule is COc1ccc(CN2CCC(CNC(=O)Cc3ccccc3OC)CC2)cc1. The summed E-state index contributed by atoms with van der Waals surface area (Å²) in [5.41, 5.74) is 2.24. The van der Waals surface area contributed by atoms with Gasteiger partial charge in [0.2, 0.25) is 5.91 Å². The Hall–Kier alpha value is -2.53. The van der Waals surface area contributed by atoms with Crippen LogP contribution >= 0.6 is 0 Å². The Morgan fingerprint density at radius 2 is 1.75 bits per heavy atom. The van der Waals surface area contributed by atoms with Crippen LogP contribution in [0, 0.1) is 5.92 Å². The highest BCUT2D eigenvalue weighted by molar-refractivity contribution is 5.79. The molecule has 0 spiro atoms. The van der Waals surface area contributed by atoms with Gasteiger partial charge >= 0.3 is 0 Å². The predicted octanol–water partition coefficient (Wildman–Crippen LogP) is 3.27. The van der Waals surface area contributed by atoms with Crippen LogP contribution in [0.3, 0.4) is 0 Å². The summed E-state index contributed by atoms with van der Waals surface area (Å²) in [6.07, 6.45) is 2.59. The van der Waals surface area contributed by atoms with Gasteiger partial charge in [0, 0.05) is 18.7 Å². The van der Waals surface area contributed by atoms with Crippen molar-refractivity contribution >= 4 is 5.91 Å². The normalized spacial score (nSPS) is 15.2. The van der Waals surface area contributed by atoms with E-state index in [9.17, 15) is 4.79 Å². The lowest BCUT2D eigenvalue weighted by atomic mass is 9.96. The molecular weight excluding hydrogens is 352 g/mol. The first-order valence-electron chi connectivity index (χ1n) is 9.92. The Kier molecular flexibility index (Phi) is 7.31. The van der Waals surface area contributed by atoms with Gasteiger partial charge in [-0.15, -0.1) is 0 Å². The van der Waals surface area contributed by atoms with Gasteiger partial charge in [-0.3, -0.25) is 9.69 Å². The van der Waals surface area contributed by atoms with E-state index in [0.29, 0.717) is 12.3 Å². The van der Waals surface area contributed by atoms with Crippen LogP contribution < -0.4 is 14.8 Å². The number of carbonyl (C=O) groups is 1. The van der Waals surface area contributed by atoms with Gasteiger partial charge in [0.1, 0.15) is 11.5 Å². The van der Waals surface area contributed by atoms with Crippen LogP contribution in [0.5, 0.6) is 11.5 Å². The van der Waals surface area contributed by atoms with Crippen molar-refractivity contribution in [2.45, 2.75) is 25.8 Å². The molecule has 28 heavy (non-hydrogen) atoms. The molecule has 2 aromatic rings. The monoisotopic (exact) mass is 382 g/mol. The van der Waals surface area contributed by atoms with E-state index in [0.717, 1.165) is 56.1 Å². The highest BCUT2D eigenvalue weighted by Crippen LogP contribution is 2.20. The molecule has 0 radical (unpaired) electrons. The first-order chi connectivity index (χ1) is 13.7. The summed E-state index contributed by atoms with van der Waals surface area (Å²) >= 11 is 0. The number of methoxy groups -OCH3 is 2. The lowest BCUT2D eigenvalue weighted by Gasteiger charge is -2.32. The maximum absolute atomic E-state index is 12.3. The minimum atomic E-state index is 0.0603. The number of piperidine rings is 1. The lowest BCUT2D eigenvalue weighted by Crippen LogP contribution is -2.38. The third-order valence-electron chi connectivity index (χ3n) is 5.40. The number of rotatable bonds is 8. The Morgan fingerprint density at radius 1 is 1.04 bits per heavy atom. The molecule has 1 aliphatic heterocycles. The molecule has 0 bridgehead atoms. The summed E-state index contributed by atoms with van der Waals surface area (Å²) in [7, 11) is 3.32. The Balaban J connectivity index is 1.38. The molecule has 2 aromatic carbocycles. The van der Waals surface area contributed by atoms with Crippen LogP contribution in [-0.2, 0) is 17.8 Å². The van der Waals surface area contributed by atoms with Crippen molar-refractivity contribution in [3.05, 3.63) is 59.7 Å². The summed E-state index contributed by atoms with van der Waals surface area (Å²) in [5.74, 6) is 2.27. The fraction of sp³-hybridized carbons (Fsp3) is 0.435. The highest BCUT2D eigenvalue weighted by Gasteiger charge is 2.20. The van der Waals surface area contributed by atoms with Crippen molar-refractivity contribution in [3.8, 4) is 11.5 Å². The number of carbonyl (C=O) groups excluding carboxylic acids is 1. The zero-order valence-corrected chi connectivity index (χ0v) is 16.8. The molecule has 1 aliphatic rings. The van der Waals surface area contributed by atoms with E-state index in [-0.39, 0.29) is 5.91 Å². The zero-order valence-electron chi connectivity index (χ0n) is 16.8. The number of nitrogens with one attached hydrogen (secondary N) is 1. The molecule has 1 amide bonds. The molecule has 3 rings (SSSR count). The van der Waals surface area contributed by atoms with Crippen molar-refractivity contribution < 1.29 is 14.3 Å². The molecule has 0 aromatic heterocycles. The van der Waals surface area contributed by atoms with E-state index in [2.05, 4.69) is 22.3 Å². The van der Waals surface area contributed by atoms with Gasteiger partial charge in [0.15, 0.2) is 0 Å². The number of likely N-dealkylation sites (tertiary alicyclic amines) is 1. The predicted molar refractivity (Wildman–Crippen MR) is 111 cm³/mol. The van der Waals surface area contributed by atoms with E-state index >= 15 is 0 Å². The zero-order chi connectivity index (χ0) is 19.8. The van der Waals surface area contributed by atoms with Crippen molar-refractivity contribution in [1.29, 1.82) is 0 Å². The quantitative estimate of drug-likeness (QED) is 0.761. The number of benzene rings is 2. The second kappa shape index (κ2) is 10.1. The fourth-order valence-corrected chi connectivity index (χ4v) is 3.68. The molecule has 0 aliphatic carbocycles. The Labute approximate surface area is 167 Å². The average molecular weight is 383 g/mol. The molecule has 0 unspecified atom stereocenters. The van der Waals surface area contributed by atoms with Gasteiger partial charge in [-0.25, -0.2) is 0 Å². The molecule has 1 N–H and O–H groups in total. The molecule has 1 saturated heterocycles. The summed E-state index contributed by atoms with van der Waals surface area (Å²) in [6, 6.07) is 16.0. The van der Waals surface area contributed by atoms with Gasteiger partial charge < -0.3 is 14.8 Å². The van der Waals surface area contributed by atoms with E-state index in [1.165, 1.54) is 5.56 Å². The summed E-state index contributed by atoms with van der Waals surface area (Å²) in [6.45, 7) is 3.86. The van der Waals surface area contributed by atoms with Crippen LogP contribution in [0.4, 0.5) is 0 Å². The summed E-state index contributed by atoms with van der Waals surface area (Å²) < 4.78 is 10.5. The van der Waals surface area contributed by atoms with Crippen LogP contribution in [0.2, 0.25) is 0 Å². The van der Waals surface area contributed by atoms with Crippen LogP contribution in [0.1, 0.15) is 24.0 Å². The Bertz CT molecular complexity index is 753. The Morgan fingerprint density at radius 3 is 2.43 bits per heavy atom. The van der Waals surface area contributed by atoms with Crippen LogP contribution in [0.15, 0.2) is 48.5 Å². The first-order valence-corrected chi connectivity index (χ1v) is 9.92. The summed E-state index contributed by atoms with van der Waals surface area (Å²) in [4.78, 5) is 14.8. The summed E-state index contributed by atoms with van der Waals surface area (Å²) in [5, 5.41) is 3.10. The van der Waals surface area contributed by atoms with Gasteiger partial charge in [-0.1, -0.05) is 30.3 Å². The number of amides is 1. The maximum atomic E-state index is 12.3. The largest absolute Gasteiger partial charge is 0.497 e. The standard InChI is InChI=1S/C23H30N2O3/c1-27-21-9-7-19(8-10-21)17-25-13-11-18(12-14-25)16-24-23(26)15-20-5-3-4-6-22(20)28-2/h3-10,18H,11-17H2,1-2H3,(H,24,26). The highest BCUT2D eigenvalue weighted by atomic mass is 16.5. The fourth-order valence-electron chi connectivity index (χ4n) is 3.68. The maximum Gasteiger partial charge on any atom is 0.224 e. The van der Waals surface area contributed by atoms with E-state index in [4.69, 9.17) is 9.47 Å². The number of ether oxygens (including phenoxy) is 2. The topological polar surface area (TPSA) is 50.8 Å². The van der Waals surface area contributed by atoms with Gasteiger partial charge in [-0.05, 0) is 55.6 Å². The molecule has 1 fully saturated rings. The van der Waals surface area contributed by atoms with Gasteiger partial charge in [-0.2, -0.15) is 0 Å². The van der Waals surface area contributed by atoms with Crippen molar-refractivity contribution in [2.24, 2.45) is 5.92 Å². The van der Waals surface area contributed by atoms with E-state index in [1.54, 1.807) is 14.2 Å². The van der Waals surface area contributed by atoms with Gasteiger partial charge in [0.05, 0.1) is 20.6 Å². The van der Waals surface area contributed by atoms with E-state index in [1.807, 2.05) is 36.4 Å². The third-order valence-corrected chi connectivity index (χ3v) is 5.40. The molecule has 0 saturated carbocycles. The smallest absolute Gasteiger partial charge is 0.224 e. The van der Waals surface area contributed by atoms with Crippen molar-refractivity contribution in [3.63, 3.8) is 0 Å². The second-order valence-electron chi connectivity index (χ2n) is 7.36. The minimum absolute atomic E-state index is 0.0603. The molecule has 0 atom stereocenters. The molecule has 150 valence electrons. The molecular formula is C23H30N2O3. The second-order valence-corrected chi connectivity index (χ2v) is 7.36. The number of para-hydroxylation sites is 1. The molecule has 5 nitrogen and oxygen atoms in total. The van der Waals surface area contributed by atoms with Crippen LogP contribution in [-0.4, -0.2) is 44.7 Å². The number of nitrogens with zero attached hydrogens (tertiary/aromatic N) is 1. The number of hydrogen-bond acceptors (Lipinski definition) is 4. The third kappa shape index (κ3) is 5.73. The number of hydrogen-bond donors (Lipinski definition) is 1. The molecule has 5 heteroatoms. The van der Waals surface area contributed by atoms with Crippen molar-refractivity contribution in [1.82, 2.24) is 10.2 Å². The minimum Gasteiger partial charge on any atom is -0.497 e. The average Bonchev–Trinajstić information content (AvgIpc) is 2.74. The lowest BCUT2D eigenvalue weighted by molar-refractivity contribution is -0.120. The van der Waals surface area contributed by atoms with Crippen molar-refractivity contribution in [2.75, 3.05) is 33.9 Å².